The van der Waals surface area contributed by atoms with Crippen LogP contribution >= 0.6 is 0 Å². The summed E-state index contributed by atoms with van der Waals surface area (Å²) >= 11 is 0. The lowest BCUT2D eigenvalue weighted by Gasteiger charge is -1.91. The molecule has 0 N–H and O–H groups in total. The summed E-state index contributed by atoms with van der Waals surface area (Å²) < 4.78 is 0. The fourth-order valence-electron chi connectivity index (χ4n) is 0.706. The molecule has 0 bridgehead atoms. The Kier molecular flexibility index (Phi) is 2.27. The smallest absolute Gasteiger partial charge is 0.135 e. The Balaban J connectivity index is 2.87. The van der Waals surface area contributed by atoms with Gasteiger partial charge in [-0.25, -0.2) is 0 Å². The first-order valence-electron chi connectivity index (χ1n) is 3.15. The van der Waals surface area contributed by atoms with Crippen LogP contribution in [0.5, 0.6) is 0 Å². The predicted octanol–water partition coefficient (Wildman–Crippen LogP) is 1.91. The molecule has 1 aromatic rings. The molecule has 0 saturated carbocycles. The van der Waals surface area contributed by atoms with Gasteiger partial charge in [0.2, 0.25) is 0 Å². The number of hydrogen-bond donors (Lipinski definition) is 0. The molecule has 0 aliphatic carbocycles. The van der Waals surface area contributed by atoms with Gasteiger partial charge in [0.05, 0.1) is 5.69 Å². The zero-order valence-corrected chi connectivity index (χ0v) is 5.91. The van der Waals surface area contributed by atoms with Crippen molar-refractivity contribution in [3.63, 3.8) is 0 Å². The largest absolute Gasteiger partial charge is 0.270 e. The Morgan fingerprint density at radius 2 is 1.90 bits per heavy atom. The van der Waals surface area contributed by atoms with Crippen LogP contribution in [0.1, 0.15) is 6.92 Å². The summed E-state index contributed by atoms with van der Waals surface area (Å²) in [5.74, 6) is 0. The zero-order valence-electron chi connectivity index (χ0n) is 5.91. The molecule has 0 spiro atoms. The minimum absolute atomic E-state index is 0.589. The number of aliphatic imine (C=N–C) groups is 1. The average Bonchev–Trinajstić information content (AvgIpc) is 1.88. The Morgan fingerprint density at radius 1 is 1.30 bits per heavy atom. The molecule has 2 radical (unpaired) electrons. The van der Waals surface area contributed by atoms with Gasteiger partial charge in [-0.3, -0.25) is 4.99 Å². The number of para-hydroxylation sites is 1. The molecule has 1 nitrogen and oxygen atoms in total. The van der Waals surface area contributed by atoms with Gasteiger partial charge in [0.25, 0.3) is 0 Å². The van der Waals surface area contributed by atoms with Crippen molar-refractivity contribution in [3.8, 4) is 0 Å². The number of rotatable bonds is 1. The van der Waals surface area contributed by atoms with Gasteiger partial charge in [-0.1, -0.05) is 18.2 Å². The van der Waals surface area contributed by atoms with E-state index < -0.39 is 0 Å². The first-order valence-corrected chi connectivity index (χ1v) is 3.15. The van der Waals surface area contributed by atoms with Crippen LogP contribution in [0.4, 0.5) is 5.69 Å². The fourth-order valence-corrected chi connectivity index (χ4v) is 0.706. The lowest BCUT2D eigenvalue weighted by Crippen LogP contribution is -1.84. The van der Waals surface area contributed by atoms with Gasteiger partial charge < -0.3 is 0 Å². The maximum Gasteiger partial charge on any atom is 0.135 e. The van der Waals surface area contributed by atoms with Gasteiger partial charge in [0.1, 0.15) is 7.85 Å². The highest BCUT2D eigenvalue weighted by atomic mass is 14.7. The summed E-state index contributed by atoms with van der Waals surface area (Å²) in [7, 11) is 5.37. The third-order valence-corrected chi connectivity index (χ3v) is 1.06. The van der Waals surface area contributed by atoms with Crippen LogP contribution in [0.25, 0.3) is 0 Å². The Bertz CT molecular complexity index is 224. The molecule has 0 unspecified atom stereocenters. The Morgan fingerprint density at radius 3 is 2.40 bits per heavy atom. The van der Waals surface area contributed by atoms with Crippen LogP contribution in [0.2, 0.25) is 0 Å². The van der Waals surface area contributed by atoms with Crippen LogP contribution in [-0.2, 0) is 0 Å². The van der Waals surface area contributed by atoms with Crippen molar-refractivity contribution < 1.29 is 0 Å². The van der Waals surface area contributed by atoms with E-state index in [-0.39, 0.29) is 0 Å². The number of benzene rings is 1. The predicted molar refractivity (Wildman–Crippen MR) is 45.0 cm³/mol. The molecular formula is C8H8BN. The third-order valence-electron chi connectivity index (χ3n) is 1.06. The van der Waals surface area contributed by atoms with E-state index in [1.165, 1.54) is 0 Å². The molecule has 0 heterocycles. The van der Waals surface area contributed by atoms with Crippen molar-refractivity contribution in [3.05, 3.63) is 30.3 Å². The Labute approximate surface area is 62.2 Å². The third kappa shape index (κ3) is 2.06. The van der Waals surface area contributed by atoms with Crippen molar-refractivity contribution in [1.82, 2.24) is 0 Å². The minimum Gasteiger partial charge on any atom is -0.270 e. The van der Waals surface area contributed by atoms with Crippen molar-refractivity contribution in [1.29, 1.82) is 0 Å². The van der Waals surface area contributed by atoms with Gasteiger partial charge in [-0.15, -0.1) is 0 Å². The Hall–Kier alpha value is -1.05. The summed E-state index contributed by atoms with van der Waals surface area (Å²) in [4.78, 5) is 4.05. The maximum atomic E-state index is 5.37. The van der Waals surface area contributed by atoms with Crippen LogP contribution in [0.3, 0.4) is 0 Å². The summed E-state index contributed by atoms with van der Waals surface area (Å²) in [5, 5.41) is 0. The van der Waals surface area contributed by atoms with Crippen molar-refractivity contribution >= 4 is 19.1 Å². The van der Waals surface area contributed by atoms with Gasteiger partial charge in [0, 0.05) is 0 Å². The fraction of sp³-hybridized carbons (Fsp3) is 0.125. The molecule has 1 rings (SSSR count). The molecule has 0 aliphatic heterocycles. The highest BCUT2D eigenvalue weighted by Crippen LogP contribution is 2.08. The molecule has 0 atom stereocenters. The highest BCUT2D eigenvalue weighted by molar-refractivity contribution is 6.59. The maximum absolute atomic E-state index is 5.37. The molecule has 0 aliphatic rings. The molecule has 10 heavy (non-hydrogen) atoms. The second kappa shape index (κ2) is 3.21. The van der Waals surface area contributed by atoms with E-state index in [0.29, 0.717) is 5.61 Å². The van der Waals surface area contributed by atoms with Crippen LogP contribution in [-0.4, -0.2) is 13.5 Å². The van der Waals surface area contributed by atoms with Crippen LogP contribution < -0.4 is 0 Å². The lowest BCUT2D eigenvalue weighted by molar-refractivity contribution is 1.52. The lowest BCUT2D eigenvalue weighted by atomic mass is 10.0. The average molecular weight is 129 g/mol. The summed E-state index contributed by atoms with van der Waals surface area (Å²) in [6.07, 6.45) is 0. The van der Waals surface area contributed by atoms with E-state index in [2.05, 4.69) is 4.99 Å². The van der Waals surface area contributed by atoms with Gasteiger partial charge in [-0.2, -0.15) is 0 Å². The molecule has 0 aromatic heterocycles. The number of hydrogen-bond acceptors (Lipinski definition) is 1. The standard InChI is InChI=1S/C8H8BN/c1-7(9)10-8-5-3-2-4-6-8/h2-6H,1H3. The van der Waals surface area contributed by atoms with Gasteiger partial charge >= 0.3 is 0 Å². The van der Waals surface area contributed by atoms with E-state index in [1.807, 2.05) is 30.3 Å². The van der Waals surface area contributed by atoms with E-state index in [4.69, 9.17) is 7.85 Å². The monoisotopic (exact) mass is 129 g/mol. The van der Waals surface area contributed by atoms with E-state index in [9.17, 15) is 0 Å². The molecule has 0 saturated heterocycles. The van der Waals surface area contributed by atoms with Crippen molar-refractivity contribution in [2.24, 2.45) is 4.99 Å². The molecule has 0 fully saturated rings. The molecule has 1 aromatic carbocycles. The molecule has 0 amide bonds. The van der Waals surface area contributed by atoms with E-state index in [1.54, 1.807) is 6.92 Å². The van der Waals surface area contributed by atoms with E-state index in [0.717, 1.165) is 5.69 Å². The van der Waals surface area contributed by atoms with Crippen molar-refractivity contribution in [2.45, 2.75) is 6.92 Å². The normalized spacial score (nSPS) is 11.5. The quantitative estimate of drug-likeness (QED) is 0.405. The van der Waals surface area contributed by atoms with Crippen molar-refractivity contribution in [2.75, 3.05) is 0 Å². The van der Waals surface area contributed by atoms with Gasteiger partial charge in [0.15, 0.2) is 0 Å². The van der Waals surface area contributed by atoms with E-state index >= 15 is 0 Å². The molecular weight excluding hydrogens is 121 g/mol. The summed E-state index contributed by atoms with van der Waals surface area (Å²) in [5.41, 5.74) is 1.49. The number of nitrogens with zero attached hydrogens (tertiary/aromatic N) is 1. The summed E-state index contributed by atoms with van der Waals surface area (Å²) in [6, 6.07) is 9.64. The second-order valence-corrected chi connectivity index (χ2v) is 2.09. The SMILES string of the molecule is [B]C(C)=Nc1ccccc1. The highest BCUT2D eigenvalue weighted by Gasteiger charge is 1.82. The molecule has 48 valence electrons. The van der Waals surface area contributed by atoms with Gasteiger partial charge in [-0.05, 0) is 24.7 Å². The zero-order chi connectivity index (χ0) is 7.40. The summed E-state index contributed by atoms with van der Waals surface area (Å²) in [6.45, 7) is 1.77. The van der Waals surface area contributed by atoms with Crippen LogP contribution in [0.15, 0.2) is 35.3 Å². The second-order valence-electron chi connectivity index (χ2n) is 2.09. The topological polar surface area (TPSA) is 12.4 Å². The first kappa shape index (κ1) is 7.07. The minimum atomic E-state index is 0.589. The van der Waals surface area contributed by atoms with Crippen LogP contribution in [0, 0.1) is 0 Å². The first-order chi connectivity index (χ1) is 4.79. The molecule has 2 heteroatoms.